The molecule has 0 aromatic heterocycles. The number of hydrogen-bond acceptors (Lipinski definition) is 6. The Balaban J connectivity index is 4.67. The molecule has 234 valence electrons. The average Bonchev–Trinajstić information content (AvgIpc) is 2.91. The van der Waals surface area contributed by atoms with Gasteiger partial charge in [0.1, 0.15) is 11.4 Å². The molecule has 4 nitrogen and oxygen atoms in total. The van der Waals surface area contributed by atoms with Crippen LogP contribution in [0.1, 0.15) is 132 Å². The molecule has 0 aliphatic rings. The third kappa shape index (κ3) is 20.3. The largest absolute Gasteiger partial charge is 0.395 e. The fraction of sp³-hybridized carbons (Fsp3) is 0.824. The van der Waals surface area contributed by atoms with Crippen LogP contribution < -0.4 is 0 Å². The molecular weight excluding hydrogens is 537 g/mol. The third-order valence-electron chi connectivity index (χ3n) is 7.88. The lowest BCUT2D eigenvalue weighted by Gasteiger charge is -2.24. The lowest BCUT2D eigenvalue weighted by Crippen LogP contribution is -2.39. The van der Waals surface area contributed by atoms with E-state index in [0.29, 0.717) is 31.4 Å². The van der Waals surface area contributed by atoms with Crippen LogP contribution in [-0.4, -0.2) is 45.5 Å². The van der Waals surface area contributed by atoms with Crippen molar-refractivity contribution < 1.29 is 19.8 Å². The van der Waals surface area contributed by atoms with Crippen LogP contribution in [0.4, 0.5) is 0 Å². The first-order valence-corrected chi connectivity index (χ1v) is 18.4. The Kier molecular flexibility index (Phi) is 23.6. The summed E-state index contributed by atoms with van der Waals surface area (Å²) in [6, 6.07) is 0. The van der Waals surface area contributed by atoms with E-state index < -0.39 is 5.60 Å². The highest BCUT2D eigenvalue weighted by Gasteiger charge is 2.33. The summed E-state index contributed by atoms with van der Waals surface area (Å²) >= 11 is 0. The van der Waals surface area contributed by atoms with Crippen LogP contribution >= 0.6 is 21.6 Å². The summed E-state index contributed by atoms with van der Waals surface area (Å²) in [5.74, 6) is 3.18. The van der Waals surface area contributed by atoms with Gasteiger partial charge in [-0.2, -0.15) is 0 Å². The highest BCUT2D eigenvalue weighted by atomic mass is 33.1. The second-order valence-electron chi connectivity index (χ2n) is 12.5. The van der Waals surface area contributed by atoms with Gasteiger partial charge < -0.3 is 10.2 Å². The Morgan fingerprint density at radius 3 is 2.05 bits per heavy atom. The van der Waals surface area contributed by atoms with Crippen molar-refractivity contribution in [2.45, 2.75) is 138 Å². The van der Waals surface area contributed by atoms with Crippen molar-refractivity contribution in [3.8, 4) is 0 Å². The maximum Gasteiger partial charge on any atom is 0.188 e. The number of carbonyl (C=O) groups excluding carboxylic acids is 2. The van der Waals surface area contributed by atoms with Crippen LogP contribution in [0.3, 0.4) is 0 Å². The Morgan fingerprint density at radius 1 is 0.875 bits per heavy atom. The van der Waals surface area contributed by atoms with Gasteiger partial charge in [0.25, 0.3) is 0 Å². The fourth-order valence-electron chi connectivity index (χ4n) is 4.82. The number of rotatable bonds is 26. The molecule has 0 aromatic rings. The van der Waals surface area contributed by atoms with Crippen molar-refractivity contribution in [1.82, 2.24) is 0 Å². The monoisotopic (exact) mass is 598 g/mol. The molecule has 0 heterocycles. The first kappa shape index (κ1) is 39.4. The quantitative estimate of drug-likeness (QED) is 0.0447. The second-order valence-corrected chi connectivity index (χ2v) is 15.1. The molecule has 40 heavy (non-hydrogen) atoms. The maximum absolute atomic E-state index is 13.0. The van der Waals surface area contributed by atoms with E-state index in [4.69, 9.17) is 5.11 Å². The highest BCUT2D eigenvalue weighted by Crippen LogP contribution is 2.29. The van der Waals surface area contributed by atoms with Crippen molar-refractivity contribution in [1.29, 1.82) is 0 Å². The van der Waals surface area contributed by atoms with Crippen molar-refractivity contribution in [2.75, 3.05) is 18.1 Å². The van der Waals surface area contributed by atoms with Gasteiger partial charge in [-0.05, 0) is 56.4 Å². The smallest absolute Gasteiger partial charge is 0.188 e. The van der Waals surface area contributed by atoms with Crippen molar-refractivity contribution in [2.24, 2.45) is 23.7 Å². The normalized spacial score (nSPS) is 16.3. The number of allylic oxidation sites excluding steroid dienone is 2. The minimum absolute atomic E-state index is 0.00880. The molecule has 2 N–H and O–H groups in total. The molecule has 0 saturated heterocycles. The molecule has 0 rings (SSSR count). The first-order valence-electron chi connectivity index (χ1n) is 15.9. The van der Waals surface area contributed by atoms with Gasteiger partial charge in [0, 0.05) is 30.3 Å². The molecule has 0 bridgehead atoms. The Bertz CT molecular complexity index is 733. The molecule has 0 fully saturated rings. The van der Waals surface area contributed by atoms with Gasteiger partial charge in [-0.25, -0.2) is 0 Å². The minimum Gasteiger partial charge on any atom is -0.395 e. The number of ketones is 2. The van der Waals surface area contributed by atoms with E-state index in [1.54, 1.807) is 6.08 Å². The fourth-order valence-corrected chi connectivity index (χ4v) is 6.96. The number of aliphatic hydroxyl groups excluding tert-OH is 1. The number of hydrogen-bond donors (Lipinski definition) is 2. The van der Waals surface area contributed by atoms with Crippen molar-refractivity contribution in [3.63, 3.8) is 0 Å². The molecule has 0 aliphatic carbocycles. The SMILES string of the molecule is CCC(=O)C(C)CCC=CC(=O)C(O)(C/C=C(\C)CCC[C@H](C)CCC[C@H](C)CCCC(C)C)CSSCCO. The maximum atomic E-state index is 13.0. The standard InChI is InChI=1S/C34H62O4S2/c1-8-32(36)31(7)20-9-10-21-33(37)34(38,26-40-39-25-24-35)23-22-30(6)19-13-18-29(5)17-12-16-28(4)15-11-14-27(2)3/h10,21-22,27-29,31,35,38H,8-9,11-20,23-26H2,1-7H3/b21-10?,30-22+/t28-,29-,31?,34?/m1/s1. The van der Waals surface area contributed by atoms with E-state index in [0.717, 1.165) is 30.6 Å². The summed E-state index contributed by atoms with van der Waals surface area (Å²) in [6.07, 6.45) is 18.9. The third-order valence-corrected chi connectivity index (χ3v) is 10.3. The Hall–Kier alpha value is -0.560. The van der Waals surface area contributed by atoms with Crippen LogP contribution in [0.15, 0.2) is 23.8 Å². The number of carbonyl (C=O) groups is 2. The lowest BCUT2D eigenvalue weighted by atomic mass is 9.91. The summed E-state index contributed by atoms with van der Waals surface area (Å²) in [5, 5.41) is 20.4. The summed E-state index contributed by atoms with van der Waals surface area (Å²) in [6.45, 7) is 15.4. The second kappa shape index (κ2) is 23.9. The zero-order valence-electron chi connectivity index (χ0n) is 26.9. The molecule has 0 aromatic carbocycles. The molecule has 4 atom stereocenters. The number of aliphatic hydroxyl groups is 2. The van der Waals surface area contributed by atoms with E-state index in [1.807, 2.05) is 19.9 Å². The van der Waals surface area contributed by atoms with Crippen LogP contribution in [0.25, 0.3) is 0 Å². The summed E-state index contributed by atoms with van der Waals surface area (Å²) < 4.78 is 0. The van der Waals surface area contributed by atoms with Crippen molar-refractivity contribution >= 4 is 33.2 Å². The average molecular weight is 599 g/mol. The first-order chi connectivity index (χ1) is 18.9. The van der Waals surface area contributed by atoms with Gasteiger partial charge in [-0.1, -0.05) is 126 Å². The Labute approximate surface area is 255 Å². The van der Waals surface area contributed by atoms with Gasteiger partial charge in [0.05, 0.1) is 6.61 Å². The van der Waals surface area contributed by atoms with Crippen molar-refractivity contribution in [3.05, 3.63) is 23.8 Å². The minimum atomic E-state index is -1.46. The predicted octanol–water partition coefficient (Wildman–Crippen LogP) is 9.39. The topological polar surface area (TPSA) is 74.6 Å². The zero-order valence-corrected chi connectivity index (χ0v) is 28.5. The van der Waals surface area contributed by atoms with E-state index in [2.05, 4.69) is 34.6 Å². The summed E-state index contributed by atoms with van der Waals surface area (Å²) in [7, 11) is 2.90. The van der Waals surface area contributed by atoms with Gasteiger partial charge in [0.2, 0.25) is 0 Å². The molecule has 0 radical (unpaired) electrons. The van der Waals surface area contributed by atoms with Crippen LogP contribution in [0.2, 0.25) is 0 Å². The van der Waals surface area contributed by atoms with Crippen LogP contribution in [0, 0.1) is 23.7 Å². The molecule has 2 unspecified atom stereocenters. The molecule has 0 spiro atoms. The number of Topliss-reactive ketones (excluding diaryl/α,β-unsaturated/α-hetero) is 1. The predicted molar refractivity (Wildman–Crippen MR) is 178 cm³/mol. The van der Waals surface area contributed by atoms with Crippen LogP contribution in [0.5, 0.6) is 0 Å². The highest BCUT2D eigenvalue weighted by molar-refractivity contribution is 8.76. The van der Waals surface area contributed by atoms with Gasteiger partial charge in [0.15, 0.2) is 5.78 Å². The molecular formula is C34H62O4S2. The summed E-state index contributed by atoms with van der Waals surface area (Å²) in [4.78, 5) is 24.8. The van der Waals surface area contributed by atoms with Gasteiger partial charge in [-0.3, -0.25) is 9.59 Å². The zero-order chi connectivity index (χ0) is 30.4. The van der Waals surface area contributed by atoms with E-state index in [-0.39, 0.29) is 29.8 Å². The Morgan fingerprint density at radius 2 is 1.48 bits per heavy atom. The van der Waals surface area contributed by atoms with E-state index in [9.17, 15) is 14.7 Å². The van der Waals surface area contributed by atoms with E-state index in [1.165, 1.54) is 78.2 Å². The molecule has 6 heteroatoms. The van der Waals surface area contributed by atoms with Gasteiger partial charge >= 0.3 is 0 Å². The molecule has 0 amide bonds. The van der Waals surface area contributed by atoms with Crippen LogP contribution in [-0.2, 0) is 9.59 Å². The summed E-state index contributed by atoms with van der Waals surface area (Å²) in [5.41, 5.74) is -0.240. The van der Waals surface area contributed by atoms with E-state index >= 15 is 0 Å². The molecule has 0 saturated carbocycles. The van der Waals surface area contributed by atoms with Gasteiger partial charge in [-0.15, -0.1) is 0 Å². The lowest BCUT2D eigenvalue weighted by molar-refractivity contribution is -0.129. The molecule has 0 aliphatic heterocycles.